The molecule has 0 N–H and O–H groups in total. The summed E-state index contributed by atoms with van der Waals surface area (Å²) in [7, 11) is 0. The van der Waals surface area contributed by atoms with Crippen LogP contribution in [0.5, 0.6) is 0 Å². The summed E-state index contributed by atoms with van der Waals surface area (Å²) in [4.78, 5) is 23.0. The molecule has 0 aromatic heterocycles. The van der Waals surface area contributed by atoms with Gasteiger partial charge < -0.3 is 9.47 Å². The highest BCUT2D eigenvalue weighted by Gasteiger charge is 2.10. The van der Waals surface area contributed by atoms with Crippen LogP contribution in [0.4, 0.5) is 0 Å². The number of carbonyl (C=O) groups is 2. The molecule has 4 heteroatoms. The smallest absolute Gasteiger partial charge is 0.331 e. The Kier molecular flexibility index (Phi) is 8.56. The van der Waals surface area contributed by atoms with Crippen LogP contribution in [-0.2, 0) is 19.1 Å². The van der Waals surface area contributed by atoms with Gasteiger partial charge in [-0.3, -0.25) is 0 Å². The second-order valence-electron chi connectivity index (χ2n) is 6.24. The number of esters is 2. The summed E-state index contributed by atoms with van der Waals surface area (Å²) in [6.07, 6.45) is 8.60. The Hall–Kier alpha value is -1.58. The van der Waals surface area contributed by atoms with E-state index in [-0.39, 0.29) is 0 Å². The summed E-state index contributed by atoms with van der Waals surface area (Å²) < 4.78 is 10.2. The molecule has 0 fully saturated rings. The maximum atomic E-state index is 11.6. The fourth-order valence-electron chi connectivity index (χ4n) is 2.37. The lowest BCUT2D eigenvalue weighted by Crippen LogP contribution is -2.10. The van der Waals surface area contributed by atoms with Gasteiger partial charge in [0.25, 0.3) is 0 Å². The minimum absolute atomic E-state index is 0.332. The highest BCUT2D eigenvalue weighted by Crippen LogP contribution is 2.24. The molecule has 0 radical (unpaired) electrons. The number of hydrogen-bond donors (Lipinski definition) is 0. The minimum atomic E-state index is -0.495. The van der Waals surface area contributed by atoms with Crippen LogP contribution in [0.1, 0.15) is 59.3 Å². The number of rotatable bonds is 8. The fraction of sp³-hybridized carbons (Fsp3) is 0.667. The Balaban J connectivity index is 2.21. The van der Waals surface area contributed by atoms with Crippen LogP contribution in [0.15, 0.2) is 23.3 Å². The zero-order valence-corrected chi connectivity index (χ0v) is 14.0. The summed E-state index contributed by atoms with van der Waals surface area (Å²) in [5, 5.41) is 0. The predicted octanol–water partition coefficient (Wildman–Crippen LogP) is 3.96. The first-order valence-corrected chi connectivity index (χ1v) is 8.18. The van der Waals surface area contributed by atoms with E-state index in [0.717, 1.165) is 44.3 Å². The molecule has 0 bridgehead atoms. The molecule has 22 heavy (non-hydrogen) atoms. The van der Waals surface area contributed by atoms with E-state index in [2.05, 4.69) is 20.8 Å². The third-order valence-electron chi connectivity index (χ3n) is 3.80. The van der Waals surface area contributed by atoms with Crippen molar-refractivity contribution in [1.82, 2.24) is 0 Å². The molecule has 1 aliphatic rings. The minimum Gasteiger partial charge on any atom is -0.463 e. The molecule has 0 aromatic carbocycles. The van der Waals surface area contributed by atoms with Gasteiger partial charge in [0.2, 0.25) is 0 Å². The summed E-state index contributed by atoms with van der Waals surface area (Å²) >= 11 is 0. The maximum absolute atomic E-state index is 11.6. The summed E-state index contributed by atoms with van der Waals surface area (Å²) in [5.74, 6) is -0.388. The van der Waals surface area contributed by atoms with Crippen molar-refractivity contribution in [2.24, 2.45) is 5.92 Å². The summed E-state index contributed by atoms with van der Waals surface area (Å²) in [5.41, 5.74) is 2.54. The molecule has 0 aromatic rings. The van der Waals surface area contributed by atoms with Gasteiger partial charge in [-0.2, -0.15) is 0 Å². The summed E-state index contributed by atoms with van der Waals surface area (Å²) in [6, 6.07) is 0. The molecule has 124 valence electrons. The monoisotopic (exact) mass is 308 g/mol. The van der Waals surface area contributed by atoms with Crippen molar-refractivity contribution in [1.29, 1.82) is 0 Å². The van der Waals surface area contributed by atoms with Gasteiger partial charge >= 0.3 is 11.9 Å². The molecule has 0 saturated carbocycles. The highest BCUT2D eigenvalue weighted by atomic mass is 16.5. The van der Waals surface area contributed by atoms with Gasteiger partial charge in [0, 0.05) is 12.2 Å². The standard InChI is InChI=1S/C18H28O4/c1-14(2)7-6-12-21-17(19)10-11-18(20)22-13-16-9-5-4-8-15(16)3/h10-11,14H,4-9,12-13H2,1-3H3/b11-10+. The third-order valence-corrected chi connectivity index (χ3v) is 3.80. The molecule has 0 amide bonds. The van der Waals surface area contributed by atoms with Gasteiger partial charge in [-0.1, -0.05) is 19.4 Å². The van der Waals surface area contributed by atoms with Gasteiger partial charge in [-0.15, -0.1) is 0 Å². The van der Waals surface area contributed by atoms with E-state index in [4.69, 9.17) is 9.47 Å². The Labute approximate surface area is 133 Å². The van der Waals surface area contributed by atoms with Gasteiger partial charge in [-0.05, 0) is 56.9 Å². The third kappa shape index (κ3) is 8.01. The average Bonchev–Trinajstić information content (AvgIpc) is 2.48. The first-order chi connectivity index (χ1) is 10.5. The van der Waals surface area contributed by atoms with E-state index in [1.807, 2.05) is 0 Å². The van der Waals surface area contributed by atoms with Gasteiger partial charge in [-0.25, -0.2) is 9.59 Å². The lowest BCUT2D eigenvalue weighted by atomic mass is 9.93. The fourth-order valence-corrected chi connectivity index (χ4v) is 2.37. The Morgan fingerprint density at radius 2 is 1.73 bits per heavy atom. The van der Waals surface area contributed by atoms with Crippen LogP contribution in [0.25, 0.3) is 0 Å². The molecule has 1 rings (SSSR count). The molecule has 0 aliphatic heterocycles. The van der Waals surface area contributed by atoms with E-state index in [0.29, 0.717) is 19.1 Å². The zero-order valence-electron chi connectivity index (χ0n) is 14.0. The van der Waals surface area contributed by atoms with E-state index in [9.17, 15) is 9.59 Å². The maximum Gasteiger partial charge on any atom is 0.331 e. The highest BCUT2D eigenvalue weighted by molar-refractivity contribution is 5.91. The van der Waals surface area contributed by atoms with Crippen LogP contribution in [-0.4, -0.2) is 25.2 Å². The van der Waals surface area contributed by atoms with Crippen molar-refractivity contribution in [2.75, 3.05) is 13.2 Å². The van der Waals surface area contributed by atoms with Crippen molar-refractivity contribution in [2.45, 2.75) is 59.3 Å². The summed E-state index contributed by atoms with van der Waals surface area (Å²) in [6.45, 7) is 7.07. The lowest BCUT2D eigenvalue weighted by Gasteiger charge is -2.17. The molecule has 0 unspecified atom stereocenters. The van der Waals surface area contributed by atoms with E-state index >= 15 is 0 Å². The Bertz CT molecular complexity index is 432. The number of ether oxygens (including phenoxy) is 2. The predicted molar refractivity (Wildman–Crippen MR) is 86.3 cm³/mol. The van der Waals surface area contributed by atoms with Crippen molar-refractivity contribution < 1.29 is 19.1 Å². The van der Waals surface area contributed by atoms with Crippen molar-refractivity contribution >= 4 is 11.9 Å². The molecule has 4 nitrogen and oxygen atoms in total. The van der Waals surface area contributed by atoms with Crippen molar-refractivity contribution in [3.8, 4) is 0 Å². The van der Waals surface area contributed by atoms with Crippen LogP contribution >= 0.6 is 0 Å². The van der Waals surface area contributed by atoms with E-state index < -0.39 is 11.9 Å². The first-order valence-electron chi connectivity index (χ1n) is 8.18. The van der Waals surface area contributed by atoms with E-state index in [1.54, 1.807) is 0 Å². The molecule has 0 heterocycles. The molecule has 0 spiro atoms. The van der Waals surface area contributed by atoms with Gasteiger partial charge in [0.1, 0.15) is 6.61 Å². The second kappa shape index (κ2) is 10.2. The largest absolute Gasteiger partial charge is 0.463 e. The van der Waals surface area contributed by atoms with Crippen molar-refractivity contribution in [3.63, 3.8) is 0 Å². The number of carbonyl (C=O) groups excluding carboxylic acids is 2. The van der Waals surface area contributed by atoms with E-state index in [1.165, 1.54) is 17.6 Å². The Morgan fingerprint density at radius 3 is 2.36 bits per heavy atom. The molecule has 0 saturated heterocycles. The number of allylic oxidation sites excluding steroid dienone is 1. The molecule has 1 aliphatic carbocycles. The number of hydrogen-bond acceptors (Lipinski definition) is 4. The average molecular weight is 308 g/mol. The van der Waals surface area contributed by atoms with Crippen LogP contribution in [0.3, 0.4) is 0 Å². The van der Waals surface area contributed by atoms with Crippen molar-refractivity contribution in [3.05, 3.63) is 23.3 Å². The van der Waals surface area contributed by atoms with Crippen LogP contribution in [0.2, 0.25) is 0 Å². The normalized spacial score (nSPS) is 15.5. The Morgan fingerprint density at radius 1 is 1.09 bits per heavy atom. The SMILES string of the molecule is CC1=C(COC(=O)/C=C/C(=O)OCCCC(C)C)CCCC1. The second-order valence-corrected chi connectivity index (χ2v) is 6.24. The van der Waals surface area contributed by atoms with Gasteiger partial charge in [0.05, 0.1) is 6.61 Å². The van der Waals surface area contributed by atoms with Crippen LogP contribution < -0.4 is 0 Å². The molecular weight excluding hydrogens is 280 g/mol. The lowest BCUT2D eigenvalue weighted by molar-refractivity contribution is -0.140. The first kappa shape index (κ1) is 18.5. The van der Waals surface area contributed by atoms with Gasteiger partial charge in [0.15, 0.2) is 0 Å². The zero-order chi connectivity index (χ0) is 16.4. The van der Waals surface area contributed by atoms with Crippen LogP contribution in [0, 0.1) is 5.92 Å². The molecule has 0 atom stereocenters. The quantitative estimate of drug-likeness (QED) is 0.295. The topological polar surface area (TPSA) is 52.6 Å². The molecular formula is C18H28O4.